The number of hydrogen-bond donors (Lipinski definition) is 3. The Bertz CT molecular complexity index is 1560. The van der Waals surface area contributed by atoms with Crippen LogP contribution in [0.5, 0.6) is 0 Å². The summed E-state index contributed by atoms with van der Waals surface area (Å²) >= 11 is 0. The zero-order valence-electron chi connectivity index (χ0n) is 20.3. The molecule has 0 fully saturated rings. The quantitative estimate of drug-likeness (QED) is 0.334. The van der Waals surface area contributed by atoms with Gasteiger partial charge in [0.2, 0.25) is 12.1 Å². The van der Waals surface area contributed by atoms with E-state index in [-0.39, 0.29) is 11.1 Å². The van der Waals surface area contributed by atoms with Gasteiger partial charge in [0.25, 0.3) is 5.91 Å². The van der Waals surface area contributed by atoms with E-state index >= 15 is 0 Å². The Labute approximate surface area is 221 Å². The Morgan fingerprint density at radius 3 is 2.23 bits per heavy atom. The summed E-state index contributed by atoms with van der Waals surface area (Å²) in [6.45, 7) is 0. The fraction of sp³-hybridized carbons (Fsp3) is 0.100. The lowest BCUT2D eigenvalue weighted by Crippen LogP contribution is -2.45. The maximum atomic E-state index is 14.0. The summed E-state index contributed by atoms with van der Waals surface area (Å²) in [6, 6.07) is 23.7. The van der Waals surface area contributed by atoms with Crippen LogP contribution < -0.4 is 10.6 Å². The van der Waals surface area contributed by atoms with Gasteiger partial charge in [-0.1, -0.05) is 66.7 Å². The van der Waals surface area contributed by atoms with E-state index in [0.717, 1.165) is 30.3 Å². The van der Waals surface area contributed by atoms with Gasteiger partial charge < -0.3 is 15.7 Å². The first-order valence-electron chi connectivity index (χ1n) is 12.0. The first-order valence-corrected chi connectivity index (χ1v) is 12.0. The van der Waals surface area contributed by atoms with Crippen LogP contribution >= 0.6 is 0 Å². The zero-order chi connectivity index (χ0) is 27.5. The van der Waals surface area contributed by atoms with Crippen LogP contribution in [0.1, 0.15) is 34.3 Å². The highest BCUT2D eigenvalue weighted by molar-refractivity contribution is 6.19. The third kappa shape index (κ3) is 5.44. The normalized spacial score (nSPS) is 16.3. The molecule has 1 aliphatic rings. The lowest BCUT2D eigenvalue weighted by Gasteiger charge is -2.25. The highest BCUT2D eigenvalue weighted by atomic mass is 19.2. The van der Waals surface area contributed by atoms with E-state index in [1.54, 1.807) is 24.3 Å². The number of hydrogen-bond acceptors (Lipinski definition) is 4. The van der Waals surface area contributed by atoms with E-state index < -0.39 is 47.5 Å². The fourth-order valence-electron chi connectivity index (χ4n) is 4.44. The second kappa shape index (κ2) is 10.9. The van der Waals surface area contributed by atoms with Crippen LogP contribution in [0.4, 0.5) is 18.9 Å². The number of halogens is 3. The molecule has 0 spiro atoms. The van der Waals surface area contributed by atoms with E-state index in [1.165, 1.54) is 12.1 Å². The van der Waals surface area contributed by atoms with Crippen molar-refractivity contribution in [1.29, 1.82) is 0 Å². The molecule has 0 radical (unpaired) electrons. The number of amides is 2. The van der Waals surface area contributed by atoms with Crippen molar-refractivity contribution < 1.29 is 27.9 Å². The van der Waals surface area contributed by atoms with Crippen LogP contribution in [0.3, 0.4) is 0 Å². The third-order valence-corrected chi connectivity index (χ3v) is 6.39. The van der Waals surface area contributed by atoms with Gasteiger partial charge in [0.05, 0.1) is 23.4 Å². The molecule has 4 aromatic carbocycles. The van der Waals surface area contributed by atoms with Gasteiger partial charge in [-0.15, -0.1) is 0 Å². The van der Waals surface area contributed by atoms with Crippen LogP contribution in [-0.2, 0) is 9.59 Å². The molecule has 1 heterocycles. The zero-order valence-corrected chi connectivity index (χ0v) is 20.3. The van der Waals surface area contributed by atoms with Crippen molar-refractivity contribution in [3.05, 3.63) is 137 Å². The van der Waals surface area contributed by atoms with Crippen LogP contribution in [0.2, 0.25) is 0 Å². The summed E-state index contributed by atoms with van der Waals surface area (Å²) in [5, 5.41) is 16.5. The largest absolute Gasteiger partial charge is 0.387 e. The summed E-state index contributed by atoms with van der Waals surface area (Å²) in [5.74, 6) is -5.76. The van der Waals surface area contributed by atoms with Gasteiger partial charge in [-0.3, -0.25) is 9.59 Å². The standard InChI is InChI=1S/C30H22F3N3O3/c31-20-13-10-17(11-14-20)25(27(37)19-12-15-22(32)23(33)16-19)29(38)36-28-30(39)34-24-9-5-4-8-21(24)26(35-28)18-6-2-1-3-7-18/h1-16,25,27-28,37H,(H,34,39)(H,36,38)/t25-,27+,28?/m1/s1. The molecule has 3 N–H and O–H groups in total. The number of nitrogens with one attached hydrogen (secondary N) is 2. The molecule has 0 saturated heterocycles. The Morgan fingerprint density at radius 2 is 1.51 bits per heavy atom. The molecule has 9 heteroatoms. The fourth-order valence-corrected chi connectivity index (χ4v) is 4.44. The van der Waals surface area contributed by atoms with Crippen molar-refractivity contribution in [2.45, 2.75) is 18.2 Å². The molecule has 5 rings (SSSR count). The smallest absolute Gasteiger partial charge is 0.269 e. The number of carbonyl (C=O) groups excluding carboxylic acids is 2. The van der Waals surface area contributed by atoms with E-state index in [4.69, 9.17) is 0 Å². The average Bonchev–Trinajstić information content (AvgIpc) is 3.08. The summed E-state index contributed by atoms with van der Waals surface area (Å²) in [7, 11) is 0. The molecule has 2 amide bonds. The predicted octanol–water partition coefficient (Wildman–Crippen LogP) is 4.85. The average molecular weight is 530 g/mol. The Balaban J connectivity index is 1.53. The summed E-state index contributed by atoms with van der Waals surface area (Å²) in [4.78, 5) is 31.4. The molecule has 39 heavy (non-hydrogen) atoms. The van der Waals surface area contributed by atoms with Crippen LogP contribution in [0.25, 0.3) is 0 Å². The number of aliphatic hydroxyl groups excluding tert-OH is 1. The number of benzene rings is 4. The number of aliphatic hydroxyl groups is 1. The van der Waals surface area contributed by atoms with Gasteiger partial charge >= 0.3 is 0 Å². The van der Waals surface area contributed by atoms with Gasteiger partial charge in [-0.25, -0.2) is 18.2 Å². The maximum Gasteiger partial charge on any atom is 0.269 e. The molecule has 0 aromatic heterocycles. The molecule has 0 bridgehead atoms. The number of benzodiazepines with no additional fused rings is 1. The molecular formula is C30H22F3N3O3. The maximum absolute atomic E-state index is 14.0. The van der Waals surface area contributed by atoms with Crippen molar-refractivity contribution >= 4 is 23.2 Å². The van der Waals surface area contributed by atoms with Gasteiger partial charge in [-0.05, 0) is 41.5 Å². The molecule has 3 atom stereocenters. The van der Waals surface area contributed by atoms with E-state index in [9.17, 15) is 27.9 Å². The molecule has 0 aliphatic carbocycles. The first-order chi connectivity index (χ1) is 18.8. The molecule has 0 saturated carbocycles. The van der Waals surface area contributed by atoms with Crippen LogP contribution in [0, 0.1) is 17.5 Å². The Hall–Kier alpha value is -4.76. The molecule has 6 nitrogen and oxygen atoms in total. The van der Waals surface area contributed by atoms with Crippen molar-refractivity contribution in [3.8, 4) is 0 Å². The number of para-hydroxylation sites is 1. The number of carbonyl (C=O) groups is 2. The van der Waals surface area contributed by atoms with Crippen molar-refractivity contribution in [3.63, 3.8) is 0 Å². The van der Waals surface area contributed by atoms with E-state index in [1.807, 2.05) is 30.3 Å². The summed E-state index contributed by atoms with van der Waals surface area (Å²) in [6.07, 6.45) is -3.06. The minimum atomic E-state index is -1.66. The van der Waals surface area contributed by atoms with Crippen molar-refractivity contribution in [1.82, 2.24) is 5.32 Å². The number of fused-ring (bicyclic) bond motifs is 1. The summed E-state index contributed by atoms with van der Waals surface area (Å²) in [5.41, 5.74) is 2.41. The predicted molar refractivity (Wildman–Crippen MR) is 140 cm³/mol. The van der Waals surface area contributed by atoms with Gasteiger partial charge in [-0.2, -0.15) is 0 Å². The van der Waals surface area contributed by atoms with Crippen molar-refractivity contribution in [2.24, 2.45) is 4.99 Å². The second-order valence-corrected chi connectivity index (χ2v) is 8.94. The topological polar surface area (TPSA) is 90.8 Å². The highest BCUT2D eigenvalue weighted by Gasteiger charge is 2.34. The number of rotatable bonds is 6. The number of aliphatic imine (C=N–C) groups is 1. The van der Waals surface area contributed by atoms with Crippen LogP contribution in [-0.4, -0.2) is 28.8 Å². The molecular weight excluding hydrogens is 507 g/mol. The molecule has 1 aliphatic heterocycles. The minimum Gasteiger partial charge on any atom is -0.387 e. The Morgan fingerprint density at radius 1 is 0.846 bits per heavy atom. The molecule has 1 unspecified atom stereocenters. The Kier molecular flexibility index (Phi) is 7.25. The van der Waals surface area contributed by atoms with Gasteiger partial charge in [0, 0.05) is 11.1 Å². The lowest BCUT2D eigenvalue weighted by molar-refractivity contribution is -0.129. The number of anilines is 1. The lowest BCUT2D eigenvalue weighted by atomic mass is 9.88. The minimum absolute atomic E-state index is 0.0791. The molecule has 196 valence electrons. The van der Waals surface area contributed by atoms with Crippen LogP contribution in [0.15, 0.2) is 102 Å². The van der Waals surface area contributed by atoms with Gasteiger partial charge in [0.1, 0.15) is 5.82 Å². The summed E-state index contributed by atoms with van der Waals surface area (Å²) < 4.78 is 41.1. The van der Waals surface area contributed by atoms with E-state index in [2.05, 4.69) is 15.6 Å². The second-order valence-electron chi connectivity index (χ2n) is 8.94. The van der Waals surface area contributed by atoms with Gasteiger partial charge in [0.15, 0.2) is 11.6 Å². The number of nitrogens with zero attached hydrogens (tertiary/aromatic N) is 1. The molecule has 4 aromatic rings. The SMILES string of the molecule is O=C1Nc2ccccc2C(c2ccccc2)=NC1NC(=O)[C@H](c1ccc(F)cc1)[C@@H](O)c1ccc(F)c(F)c1. The first kappa shape index (κ1) is 25.9. The highest BCUT2D eigenvalue weighted by Crippen LogP contribution is 2.33. The van der Waals surface area contributed by atoms with Crippen molar-refractivity contribution in [2.75, 3.05) is 5.32 Å². The van der Waals surface area contributed by atoms with E-state index in [0.29, 0.717) is 22.5 Å². The third-order valence-electron chi connectivity index (χ3n) is 6.39. The monoisotopic (exact) mass is 529 g/mol.